The van der Waals surface area contributed by atoms with Crippen LogP contribution in [0.4, 0.5) is 4.79 Å². The Kier molecular flexibility index (Phi) is 4.94. The second-order valence-electron chi connectivity index (χ2n) is 5.21. The Morgan fingerprint density at radius 2 is 2.00 bits per heavy atom. The smallest absolute Gasteiger partial charge is 0.268 e. The van der Waals surface area contributed by atoms with Crippen LogP contribution < -0.4 is 0 Å². The molecular weight excluding hydrogens is 367 g/mol. The van der Waals surface area contributed by atoms with Gasteiger partial charge in [-0.2, -0.15) is 0 Å². The van der Waals surface area contributed by atoms with Gasteiger partial charge in [0, 0.05) is 15.7 Å². The van der Waals surface area contributed by atoms with E-state index in [9.17, 15) is 9.59 Å². The average Bonchev–Trinajstić information content (AvgIpc) is 2.77. The van der Waals surface area contributed by atoms with Gasteiger partial charge in [0.2, 0.25) is 0 Å². The third kappa shape index (κ3) is 3.64. The fourth-order valence-electron chi connectivity index (χ4n) is 2.24. The standard InChI is InChI=1S/C17H12Cl2N2O2S/c1-10-3-2-4-13(20-10)8-15-16(22)21(17(23)24-15)9-11-5-6-12(18)7-14(11)19/h2-8H,9H2,1H3/b15-8+. The maximum atomic E-state index is 12.5. The molecule has 122 valence electrons. The number of aryl methyl sites for hydroxylation is 1. The van der Waals surface area contributed by atoms with Crippen LogP contribution in [-0.4, -0.2) is 21.0 Å². The van der Waals surface area contributed by atoms with Crippen LogP contribution in [0.25, 0.3) is 6.08 Å². The van der Waals surface area contributed by atoms with Gasteiger partial charge in [-0.3, -0.25) is 19.5 Å². The molecule has 0 N–H and O–H groups in total. The summed E-state index contributed by atoms with van der Waals surface area (Å²) >= 11 is 12.9. The Bertz CT molecular complexity index is 867. The number of benzene rings is 1. The number of thioether (sulfide) groups is 1. The number of nitrogens with zero attached hydrogens (tertiary/aromatic N) is 2. The molecule has 2 aromatic rings. The third-order valence-electron chi connectivity index (χ3n) is 3.41. The fourth-order valence-corrected chi connectivity index (χ4v) is 3.53. The van der Waals surface area contributed by atoms with E-state index in [-0.39, 0.29) is 17.7 Å². The predicted molar refractivity (Wildman–Crippen MR) is 97.0 cm³/mol. The molecule has 4 nitrogen and oxygen atoms in total. The van der Waals surface area contributed by atoms with Crippen LogP contribution in [-0.2, 0) is 11.3 Å². The second-order valence-corrected chi connectivity index (χ2v) is 7.04. The van der Waals surface area contributed by atoms with Crippen molar-refractivity contribution < 1.29 is 9.59 Å². The van der Waals surface area contributed by atoms with Gasteiger partial charge in [0.1, 0.15) is 0 Å². The average molecular weight is 379 g/mol. The Hall–Kier alpha value is -1.82. The highest BCUT2D eigenvalue weighted by atomic mass is 35.5. The number of carbonyl (C=O) groups excluding carboxylic acids is 2. The molecule has 0 radical (unpaired) electrons. The van der Waals surface area contributed by atoms with Crippen molar-refractivity contribution in [2.75, 3.05) is 0 Å². The molecule has 3 rings (SSSR count). The van der Waals surface area contributed by atoms with E-state index < -0.39 is 0 Å². The first-order valence-electron chi connectivity index (χ1n) is 7.07. The molecule has 0 atom stereocenters. The quantitative estimate of drug-likeness (QED) is 0.710. The van der Waals surface area contributed by atoms with Crippen LogP contribution in [0.2, 0.25) is 10.0 Å². The van der Waals surface area contributed by atoms with E-state index in [1.807, 2.05) is 19.1 Å². The Balaban J connectivity index is 1.84. The van der Waals surface area contributed by atoms with Gasteiger partial charge in [-0.1, -0.05) is 35.3 Å². The van der Waals surface area contributed by atoms with E-state index in [0.29, 0.717) is 26.2 Å². The zero-order chi connectivity index (χ0) is 17.3. The van der Waals surface area contributed by atoms with Gasteiger partial charge < -0.3 is 0 Å². The number of halogens is 2. The Morgan fingerprint density at radius 3 is 2.71 bits per heavy atom. The molecule has 0 bridgehead atoms. The van der Waals surface area contributed by atoms with Crippen LogP contribution in [0.15, 0.2) is 41.3 Å². The molecule has 2 amide bonds. The molecule has 1 aliphatic heterocycles. The third-order valence-corrected chi connectivity index (χ3v) is 4.90. The Labute approximate surface area is 153 Å². The largest absolute Gasteiger partial charge is 0.293 e. The van der Waals surface area contributed by atoms with Crippen LogP contribution >= 0.6 is 35.0 Å². The number of pyridine rings is 1. The molecule has 0 aliphatic carbocycles. The summed E-state index contributed by atoms with van der Waals surface area (Å²) in [4.78, 5) is 30.5. The van der Waals surface area contributed by atoms with Crippen molar-refractivity contribution in [2.24, 2.45) is 0 Å². The van der Waals surface area contributed by atoms with E-state index in [0.717, 1.165) is 17.5 Å². The van der Waals surface area contributed by atoms with E-state index in [1.165, 1.54) is 4.90 Å². The fraction of sp³-hybridized carbons (Fsp3) is 0.118. The normalized spacial score (nSPS) is 16.3. The van der Waals surface area contributed by atoms with Crippen LogP contribution in [0.5, 0.6) is 0 Å². The molecule has 1 aromatic carbocycles. The molecule has 1 aliphatic rings. The number of imide groups is 1. The van der Waals surface area contributed by atoms with Crippen molar-refractivity contribution in [1.82, 2.24) is 9.88 Å². The van der Waals surface area contributed by atoms with Gasteiger partial charge in [0.15, 0.2) is 0 Å². The molecule has 1 fully saturated rings. The summed E-state index contributed by atoms with van der Waals surface area (Å²) in [5, 5.41) is 0.596. The van der Waals surface area contributed by atoms with Crippen molar-refractivity contribution in [2.45, 2.75) is 13.5 Å². The maximum Gasteiger partial charge on any atom is 0.293 e. The number of rotatable bonds is 3. The summed E-state index contributed by atoms with van der Waals surface area (Å²) in [5.41, 5.74) is 2.15. The lowest BCUT2D eigenvalue weighted by Crippen LogP contribution is -2.27. The van der Waals surface area contributed by atoms with Crippen molar-refractivity contribution in [3.05, 3.63) is 68.3 Å². The van der Waals surface area contributed by atoms with Gasteiger partial charge in [0.25, 0.3) is 11.1 Å². The topological polar surface area (TPSA) is 50.3 Å². The van der Waals surface area contributed by atoms with E-state index in [4.69, 9.17) is 23.2 Å². The molecule has 0 spiro atoms. The molecule has 7 heteroatoms. The maximum absolute atomic E-state index is 12.5. The number of aromatic nitrogens is 1. The van der Waals surface area contributed by atoms with Crippen molar-refractivity contribution >= 4 is 52.2 Å². The molecule has 2 heterocycles. The summed E-state index contributed by atoms with van der Waals surface area (Å²) < 4.78 is 0. The zero-order valence-electron chi connectivity index (χ0n) is 12.6. The number of carbonyl (C=O) groups is 2. The Morgan fingerprint density at radius 1 is 1.21 bits per heavy atom. The summed E-state index contributed by atoms with van der Waals surface area (Å²) in [6, 6.07) is 10.5. The number of amides is 2. The SMILES string of the molecule is Cc1cccc(/C=C2/SC(=O)N(Cc3ccc(Cl)cc3Cl)C2=O)n1. The molecule has 0 unspecified atom stereocenters. The minimum atomic E-state index is -0.348. The van der Waals surface area contributed by atoms with Crippen molar-refractivity contribution in [1.29, 1.82) is 0 Å². The zero-order valence-corrected chi connectivity index (χ0v) is 15.0. The summed E-state index contributed by atoms with van der Waals surface area (Å²) in [6.07, 6.45) is 1.63. The van der Waals surface area contributed by atoms with Gasteiger partial charge in [0.05, 0.1) is 17.1 Å². The monoisotopic (exact) mass is 378 g/mol. The summed E-state index contributed by atoms with van der Waals surface area (Å²) in [5.74, 6) is -0.348. The summed E-state index contributed by atoms with van der Waals surface area (Å²) in [6.45, 7) is 1.98. The first-order valence-corrected chi connectivity index (χ1v) is 8.64. The number of hydrogen-bond donors (Lipinski definition) is 0. The first kappa shape index (κ1) is 17.0. The second kappa shape index (κ2) is 6.97. The molecule has 1 aromatic heterocycles. The first-order chi connectivity index (χ1) is 11.4. The molecular formula is C17H12Cl2N2O2S. The minimum Gasteiger partial charge on any atom is -0.268 e. The van der Waals surface area contributed by atoms with Crippen LogP contribution in [0.1, 0.15) is 17.0 Å². The van der Waals surface area contributed by atoms with Gasteiger partial charge in [-0.15, -0.1) is 0 Å². The van der Waals surface area contributed by atoms with Crippen molar-refractivity contribution in [3.63, 3.8) is 0 Å². The highest BCUT2D eigenvalue weighted by Gasteiger charge is 2.35. The lowest BCUT2D eigenvalue weighted by atomic mass is 10.2. The van der Waals surface area contributed by atoms with E-state index >= 15 is 0 Å². The van der Waals surface area contributed by atoms with Crippen LogP contribution in [0, 0.1) is 6.92 Å². The highest BCUT2D eigenvalue weighted by Crippen LogP contribution is 2.34. The predicted octanol–water partition coefficient (Wildman–Crippen LogP) is 4.93. The molecule has 24 heavy (non-hydrogen) atoms. The summed E-state index contributed by atoms with van der Waals surface area (Å²) in [7, 11) is 0. The highest BCUT2D eigenvalue weighted by molar-refractivity contribution is 8.18. The molecule has 0 saturated carbocycles. The number of hydrogen-bond acceptors (Lipinski definition) is 4. The van der Waals surface area contributed by atoms with Gasteiger partial charge in [-0.25, -0.2) is 0 Å². The lowest BCUT2D eigenvalue weighted by Gasteiger charge is -2.13. The van der Waals surface area contributed by atoms with E-state index in [1.54, 1.807) is 30.3 Å². The van der Waals surface area contributed by atoms with Gasteiger partial charge in [-0.05, 0) is 54.6 Å². The minimum absolute atomic E-state index is 0.110. The van der Waals surface area contributed by atoms with Crippen LogP contribution in [0.3, 0.4) is 0 Å². The van der Waals surface area contributed by atoms with Crippen molar-refractivity contribution in [3.8, 4) is 0 Å². The molecule has 1 saturated heterocycles. The van der Waals surface area contributed by atoms with E-state index in [2.05, 4.69) is 4.98 Å². The lowest BCUT2D eigenvalue weighted by molar-refractivity contribution is -0.123. The van der Waals surface area contributed by atoms with Gasteiger partial charge >= 0.3 is 0 Å².